The van der Waals surface area contributed by atoms with Crippen molar-refractivity contribution in [2.75, 3.05) is 31.5 Å². The lowest BCUT2D eigenvalue weighted by molar-refractivity contribution is -0.174. The lowest BCUT2D eigenvalue weighted by Crippen LogP contribution is -2.50. The molecule has 2 aromatic heterocycles. The van der Waals surface area contributed by atoms with Crippen molar-refractivity contribution in [3.8, 4) is 0 Å². The highest BCUT2D eigenvalue weighted by Gasteiger charge is 2.47. The van der Waals surface area contributed by atoms with E-state index < -0.39 is 30.0 Å². The summed E-state index contributed by atoms with van der Waals surface area (Å²) >= 11 is 0. The van der Waals surface area contributed by atoms with Gasteiger partial charge in [-0.05, 0) is 30.3 Å². The largest absolute Gasteiger partial charge is 0.467 e. The van der Waals surface area contributed by atoms with Crippen molar-refractivity contribution < 1.29 is 31.6 Å². The van der Waals surface area contributed by atoms with Crippen LogP contribution in [0.1, 0.15) is 45.1 Å². The Balaban J connectivity index is 1.30. The number of aromatic nitrogens is 2. The Morgan fingerprint density at radius 2 is 1.71 bits per heavy atom. The predicted octanol–water partition coefficient (Wildman–Crippen LogP) is 3.87. The second-order valence-electron chi connectivity index (χ2n) is 8.46. The van der Waals surface area contributed by atoms with Crippen LogP contribution in [0.2, 0.25) is 0 Å². The second-order valence-corrected chi connectivity index (χ2v) is 8.46. The number of anilines is 1. The molecule has 1 saturated heterocycles. The fourth-order valence-corrected chi connectivity index (χ4v) is 4.43. The van der Waals surface area contributed by atoms with Crippen LogP contribution in [-0.4, -0.2) is 63.7 Å². The molecule has 35 heavy (non-hydrogen) atoms. The zero-order valence-electron chi connectivity index (χ0n) is 18.3. The quantitative estimate of drug-likeness (QED) is 0.563. The van der Waals surface area contributed by atoms with Crippen molar-refractivity contribution >= 4 is 17.6 Å². The van der Waals surface area contributed by atoms with Gasteiger partial charge in [-0.3, -0.25) is 9.59 Å². The van der Waals surface area contributed by atoms with Crippen LogP contribution in [0.4, 0.5) is 23.4 Å². The molecule has 0 saturated carbocycles. The van der Waals surface area contributed by atoms with E-state index in [-0.39, 0.29) is 55.6 Å². The number of hydrogen-bond acceptors (Lipinski definition) is 5. The van der Waals surface area contributed by atoms with Crippen LogP contribution >= 0.6 is 0 Å². The first-order valence-corrected chi connectivity index (χ1v) is 11.0. The van der Waals surface area contributed by atoms with E-state index in [2.05, 4.69) is 10.4 Å². The minimum absolute atomic E-state index is 0.0724. The van der Waals surface area contributed by atoms with Gasteiger partial charge in [-0.25, -0.2) is 9.07 Å². The molecule has 0 spiro atoms. The van der Waals surface area contributed by atoms with Gasteiger partial charge in [-0.1, -0.05) is 6.07 Å². The molecule has 8 nitrogen and oxygen atoms in total. The Bertz CT molecular complexity index is 1230. The molecule has 0 aliphatic carbocycles. The van der Waals surface area contributed by atoms with E-state index in [1.165, 1.54) is 40.3 Å². The molecular weight excluding hydrogens is 470 g/mol. The molecule has 4 heterocycles. The van der Waals surface area contributed by atoms with Crippen molar-refractivity contribution in [3.05, 3.63) is 71.6 Å². The van der Waals surface area contributed by atoms with Crippen LogP contribution in [0.5, 0.6) is 0 Å². The van der Waals surface area contributed by atoms with Gasteiger partial charge in [0.05, 0.1) is 12.3 Å². The number of nitrogens with zero attached hydrogens (tertiary/aromatic N) is 4. The van der Waals surface area contributed by atoms with Gasteiger partial charge in [-0.2, -0.15) is 18.3 Å². The number of piperazine rings is 1. The molecule has 0 radical (unpaired) electrons. The van der Waals surface area contributed by atoms with Gasteiger partial charge in [0.15, 0.2) is 11.7 Å². The standard InChI is InChI=1S/C23H21F4N5O3/c24-15-4-1-3-14(11-15)21(33)30-6-8-31(9-7-30)22(34)17-13-20-28-16(18-5-2-10-35-18)12-19(23(25,26)27)32(20)29-17/h1-5,10-11,13,16,19,28H,6-9,12H2/t16-,19-/m1/s1. The van der Waals surface area contributed by atoms with Gasteiger partial charge < -0.3 is 19.5 Å². The first-order valence-electron chi connectivity index (χ1n) is 11.0. The number of rotatable bonds is 3. The maximum atomic E-state index is 13.8. The number of fused-ring (bicyclic) bond motifs is 1. The van der Waals surface area contributed by atoms with E-state index in [0.717, 1.165) is 10.7 Å². The SMILES string of the molecule is O=C(c1cccc(F)c1)N1CCN(C(=O)c2cc3n(n2)[C@@H](C(F)(F)F)C[C@H](c2ccco2)N3)CC1. The normalized spacial score (nSPS) is 20.3. The van der Waals surface area contributed by atoms with Crippen molar-refractivity contribution in [1.29, 1.82) is 0 Å². The number of hydrogen-bond donors (Lipinski definition) is 1. The summed E-state index contributed by atoms with van der Waals surface area (Å²) in [6.07, 6.45) is -3.52. The monoisotopic (exact) mass is 491 g/mol. The van der Waals surface area contributed by atoms with Crippen molar-refractivity contribution in [3.63, 3.8) is 0 Å². The summed E-state index contributed by atoms with van der Waals surface area (Å²) in [6.45, 7) is 0.762. The third kappa shape index (κ3) is 4.47. The number of alkyl halides is 3. The molecule has 2 atom stereocenters. The van der Waals surface area contributed by atoms with Crippen LogP contribution in [0.3, 0.4) is 0 Å². The third-order valence-corrected chi connectivity index (χ3v) is 6.22. The summed E-state index contributed by atoms with van der Waals surface area (Å²) in [5, 5.41) is 6.97. The van der Waals surface area contributed by atoms with Crippen LogP contribution in [0, 0.1) is 5.82 Å². The molecule has 12 heteroatoms. The van der Waals surface area contributed by atoms with E-state index >= 15 is 0 Å². The van der Waals surface area contributed by atoms with E-state index in [4.69, 9.17) is 4.42 Å². The molecule has 1 fully saturated rings. The molecule has 2 amide bonds. The van der Waals surface area contributed by atoms with Crippen molar-refractivity contribution in [1.82, 2.24) is 19.6 Å². The second kappa shape index (κ2) is 8.75. The Morgan fingerprint density at radius 1 is 1.00 bits per heavy atom. The Morgan fingerprint density at radius 3 is 2.34 bits per heavy atom. The summed E-state index contributed by atoms with van der Waals surface area (Å²) in [5.74, 6) is -0.965. The maximum absolute atomic E-state index is 13.8. The van der Waals surface area contributed by atoms with Crippen LogP contribution in [-0.2, 0) is 0 Å². The van der Waals surface area contributed by atoms with Gasteiger partial charge >= 0.3 is 6.18 Å². The van der Waals surface area contributed by atoms with E-state index in [0.29, 0.717) is 5.76 Å². The van der Waals surface area contributed by atoms with E-state index in [1.54, 1.807) is 12.1 Å². The molecule has 1 aromatic carbocycles. The number of benzene rings is 1. The number of nitrogens with one attached hydrogen (secondary N) is 1. The number of furan rings is 1. The maximum Gasteiger partial charge on any atom is 0.410 e. The lowest BCUT2D eigenvalue weighted by atomic mass is 10.0. The molecule has 0 bridgehead atoms. The molecule has 2 aliphatic rings. The zero-order valence-corrected chi connectivity index (χ0v) is 18.3. The van der Waals surface area contributed by atoms with Gasteiger partial charge in [0.2, 0.25) is 0 Å². The first kappa shape index (κ1) is 22.9. The molecule has 184 valence electrons. The Kier molecular flexibility index (Phi) is 5.73. The highest BCUT2D eigenvalue weighted by atomic mass is 19.4. The van der Waals surface area contributed by atoms with Gasteiger partial charge in [0.25, 0.3) is 11.8 Å². The number of carbonyl (C=O) groups excluding carboxylic acids is 2. The fraction of sp³-hybridized carbons (Fsp3) is 0.348. The topological polar surface area (TPSA) is 83.6 Å². The fourth-order valence-electron chi connectivity index (χ4n) is 4.43. The average Bonchev–Trinajstić information content (AvgIpc) is 3.52. The van der Waals surface area contributed by atoms with Gasteiger partial charge in [0, 0.05) is 44.2 Å². The Labute approximate surface area is 197 Å². The average molecular weight is 491 g/mol. The molecule has 1 N–H and O–H groups in total. The zero-order chi connectivity index (χ0) is 24.7. The summed E-state index contributed by atoms with van der Waals surface area (Å²) in [5.41, 5.74) is 0.0914. The highest BCUT2D eigenvalue weighted by molar-refractivity contribution is 5.95. The summed E-state index contributed by atoms with van der Waals surface area (Å²) in [7, 11) is 0. The van der Waals surface area contributed by atoms with Crippen molar-refractivity contribution in [2.45, 2.75) is 24.7 Å². The van der Waals surface area contributed by atoms with Crippen molar-refractivity contribution in [2.24, 2.45) is 0 Å². The predicted molar refractivity (Wildman–Crippen MR) is 115 cm³/mol. The van der Waals surface area contributed by atoms with E-state index in [9.17, 15) is 27.2 Å². The Hall–Kier alpha value is -3.83. The highest BCUT2D eigenvalue weighted by Crippen LogP contribution is 2.43. The summed E-state index contributed by atoms with van der Waals surface area (Å²) in [4.78, 5) is 28.6. The van der Waals surface area contributed by atoms with Crippen LogP contribution < -0.4 is 5.32 Å². The molecule has 3 aromatic rings. The lowest BCUT2D eigenvalue weighted by Gasteiger charge is -2.34. The first-order chi connectivity index (χ1) is 16.7. The summed E-state index contributed by atoms with van der Waals surface area (Å²) < 4.78 is 60.9. The third-order valence-electron chi connectivity index (χ3n) is 6.22. The molecular formula is C23H21F4N5O3. The van der Waals surface area contributed by atoms with Gasteiger partial charge in [0.1, 0.15) is 17.4 Å². The van der Waals surface area contributed by atoms with Crippen LogP contribution in [0.15, 0.2) is 53.1 Å². The minimum Gasteiger partial charge on any atom is -0.467 e. The number of amides is 2. The van der Waals surface area contributed by atoms with Crippen LogP contribution in [0.25, 0.3) is 0 Å². The summed E-state index contributed by atoms with van der Waals surface area (Å²) in [6, 6.07) is 7.20. The van der Waals surface area contributed by atoms with Gasteiger partial charge in [-0.15, -0.1) is 0 Å². The van der Waals surface area contributed by atoms with E-state index in [1.807, 2.05) is 0 Å². The molecule has 2 aliphatic heterocycles. The minimum atomic E-state index is -4.57. The number of halogens is 4. The number of carbonyl (C=O) groups is 2. The smallest absolute Gasteiger partial charge is 0.410 e. The molecule has 0 unspecified atom stereocenters. The molecule has 5 rings (SSSR count).